The molecular formula is C19H19N5O2. The first-order chi connectivity index (χ1) is 12.8. The van der Waals surface area contributed by atoms with Crippen molar-refractivity contribution in [3.05, 3.63) is 49.1 Å². The van der Waals surface area contributed by atoms with Crippen LogP contribution in [0.1, 0.15) is 25.7 Å². The Morgan fingerprint density at radius 2 is 1.92 bits per heavy atom. The van der Waals surface area contributed by atoms with Gasteiger partial charge in [0.1, 0.15) is 5.69 Å². The molecule has 7 nitrogen and oxygen atoms in total. The van der Waals surface area contributed by atoms with Crippen molar-refractivity contribution in [3.8, 4) is 22.7 Å². The van der Waals surface area contributed by atoms with E-state index >= 15 is 0 Å². The van der Waals surface area contributed by atoms with Crippen molar-refractivity contribution in [1.82, 2.24) is 20.3 Å². The Morgan fingerprint density at radius 3 is 2.65 bits per heavy atom. The van der Waals surface area contributed by atoms with Gasteiger partial charge < -0.3 is 9.73 Å². The van der Waals surface area contributed by atoms with Crippen LogP contribution in [0.3, 0.4) is 0 Å². The summed E-state index contributed by atoms with van der Waals surface area (Å²) in [4.78, 5) is 25.3. The summed E-state index contributed by atoms with van der Waals surface area (Å²) in [5.74, 6) is 0.967. The first-order valence-corrected chi connectivity index (χ1v) is 8.68. The van der Waals surface area contributed by atoms with Crippen LogP contribution < -0.4 is 10.6 Å². The Kier molecular flexibility index (Phi) is 4.59. The second-order valence-corrected chi connectivity index (χ2v) is 6.25. The van der Waals surface area contributed by atoms with E-state index in [2.05, 4.69) is 25.6 Å². The van der Waals surface area contributed by atoms with Gasteiger partial charge in [0.25, 0.3) is 0 Å². The molecule has 132 valence electrons. The zero-order chi connectivity index (χ0) is 17.8. The highest BCUT2D eigenvalue weighted by molar-refractivity contribution is 5.89. The second-order valence-electron chi connectivity index (χ2n) is 6.25. The Hall–Kier alpha value is -3.22. The number of amides is 2. The van der Waals surface area contributed by atoms with Gasteiger partial charge in [-0.25, -0.2) is 14.8 Å². The molecule has 3 heterocycles. The monoisotopic (exact) mass is 349 g/mol. The lowest BCUT2D eigenvalue weighted by Crippen LogP contribution is -2.36. The summed E-state index contributed by atoms with van der Waals surface area (Å²) in [6.45, 7) is 0. The molecule has 0 aromatic carbocycles. The standard InChI is InChI=1S/C19H19N5O2/c25-19(22-14-4-1-2-5-14)24-16-12-21-17(13-7-9-20-10-8-13)18(23-16)15-6-3-11-26-15/h3,6-12,14H,1-2,4-5H2,(H2,22,23,24,25). The van der Waals surface area contributed by atoms with Crippen LogP contribution in [0.25, 0.3) is 22.7 Å². The molecule has 7 heteroatoms. The molecule has 1 fully saturated rings. The number of nitrogens with zero attached hydrogens (tertiary/aromatic N) is 3. The summed E-state index contributed by atoms with van der Waals surface area (Å²) in [7, 11) is 0. The summed E-state index contributed by atoms with van der Waals surface area (Å²) in [5.41, 5.74) is 2.12. The number of rotatable bonds is 4. The third-order valence-corrected chi connectivity index (χ3v) is 4.41. The van der Waals surface area contributed by atoms with Gasteiger partial charge in [-0.2, -0.15) is 0 Å². The Balaban J connectivity index is 1.61. The van der Waals surface area contributed by atoms with Crippen LogP contribution in [0.5, 0.6) is 0 Å². The summed E-state index contributed by atoms with van der Waals surface area (Å²) in [5, 5.41) is 5.75. The number of carbonyl (C=O) groups is 1. The van der Waals surface area contributed by atoms with Crippen molar-refractivity contribution >= 4 is 11.8 Å². The first kappa shape index (κ1) is 16.3. The van der Waals surface area contributed by atoms with Crippen molar-refractivity contribution in [2.75, 3.05) is 5.32 Å². The van der Waals surface area contributed by atoms with Gasteiger partial charge in [-0.15, -0.1) is 0 Å². The van der Waals surface area contributed by atoms with E-state index in [1.54, 1.807) is 30.9 Å². The average Bonchev–Trinajstić information content (AvgIpc) is 3.36. The van der Waals surface area contributed by atoms with E-state index in [0.29, 0.717) is 23.0 Å². The van der Waals surface area contributed by atoms with Crippen LogP contribution in [0.2, 0.25) is 0 Å². The van der Waals surface area contributed by atoms with E-state index in [0.717, 1.165) is 31.2 Å². The lowest BCUT2D eigenvalue weighted by molar-refractivity contribution is 0.248. The predicted octanol–water partition coefficient (Wildman–Crippen LogP) is 3.86. The fourth-order valence-electron chi connectivity index (χ4n) is 3.16. The lowest BCUT2D eigenvalue weighted by atomic mass is 10.1. The Morgan fingerprint density at radius 1 is 1.12 bits per heavy atom. The Bertz CT molecular complexity index is 874. The van der Waals surface area contributed by atoms with Gasteiger partial charge in [0.15, 0.2) is 11.6 Å². The molecule has 1 aliphatic carbocycles. The molecule has 0 bridgehead atoms. The molecule has 26 heavy (non-hydrogen) atoms. The van der Waals surface area contributed by atoms with Crippen molar-refractivity contribution in [1.29, 1.82) is 0 Å². The minimum atomic E-state index is -0.256. The number of carbonyl (C=O) groups excluding carboxylic acids is 1. The third kappa shape index (κ3) is 3.56. The summed E-state index contributed by atoms with van der Waals surface area (Å²) in [6, 6.07) is 7.31. The van der Waals surface area contributed by atoms with Gasteiger partial charge in [0, 0.05) is 24.0 Å². The molecule has 4 rings (SSSR count). The van der Waals surface area contributed by atoms with Gasteiger partial charge >= 0.3 is 6.03 Å². The largest absolute Gasteiger partial charge is 0.463 e. The molecule has 0 saturated heterocycles. The van der Waals surface area contributed by atoms with E-state index < -0.39 is 0 Å². The maximum Gasteiger partial charge on any atom is 0.320 e. The number of hydrogen-bond acceptors (Lipinski definition) is 5. The first-order valence-electron chi connectivity index (χ1n) is 8.68. The molecule has 0 spiro atoms. The summed E-state index contributed by atoms with van der Waals surface area (Å²) < 4.78 is 5.50. The number of pyridine rings is 1. The topological polar surface area (TPSA) is 92.9 Å². The normalized spacial score (nSPS) is 14.3. The maximum absolute atomic E-state index is 12.2. The van der Waals surface area contributed by atoms with Crippen molar-refractivity contribution in [3.63, 3.8) is 0 Å². The van der Waals surface area contributed by atoms with E-state index in [1.807, 2.05) is 18.2 Å². The minimum absolute atomic E-state index is 0.239. The molecule has 3 aromatic heterocycles. The highest BCUT2D eigenvalue weighted by Crippen LogP contribution is 2.29. The fourth-order valence-corrected chi connectivity index (χ4v) is 3.16. The average molecular weight is 349 g/mol. The van der Waals surface area contributed by atoms with E-state index in [1.165, 1.54) is 0 Å². The zero-order valence-corrected chi connectivity index (χ0v) is 14.2. The highest BCUT2D eigenvalue weighted by Gasteiger charge is 2.19. The van der Waals surface area contributed by atoms with Gasteiger partial charge in [0.2, 0.25) is 0 Å². The summed E-state index contributed by atoms with van der Waals surface area (Å²) in [6.07, 6.45) is 10.9. The van der Waals surface area contributed by atoms with Gasteiger partial charge in [-0.05, 0) is 37.1 Å². The number of anilines is 1. The molecule has 1 aliphatic rings. The van der Waals surface area contributed by atoms with E-state index in [4.69, 9.17) is 4.42 Å². The molecule has 2 amide bonds. The smallest absolute Gasteiger partial charge is 0.320 e. The van der Waals surface area contributed by atoms with Gasteiger partial charge in [0.05, 0.1) is 18.2 Å². The molecule has 0 aliphatic heterocycles. The highest BCUT2D eigenvalue weighted by atomic mass is 16.3. The second kappa shape index (κ2) is 7.35. The molecule has 2 N–H and O–H groups in total. The molecule has 3 aromatic rings. The number of hydrogen-bond donors (Lipinski definition) is 2. The van der Waals surface area contributed by atoms with Crippen LogP contribution in [-0.4, -0.2) is 27.0 Å². The molecule has 0 unspecified atom stereocenters. The van der Waals surface area contributed by atoms with Crippen LogP contribution in [-0.2, 0) is 0 Å². The molecule has 1 saturated carbocycles. The fraction of sp³-hybridized carbons (Fsp3) is 0.263. The number of nitrogens with one attached hydrogen (secondary N) is 2. The summed E-state index contributed by atoms with van der Waals surface area (Å²) >= 11 is 0. The molecular weight excluding hydrogens is 330 g/mol. The molecule has 0 atom stereocenters. The zero-order valence-electron chi connectivity index (χ0n) is 14.2. The predicted molar refractivity (Wildman–Crippen MR) is 97.4 cm³/mol. The minimum Gasteiger partial charge on any atom is -0.463 e. The van der Waals surface area contributed by atoms with Crippen molar-refractivity contribution < 1.29 is 9.21 Å². The SMILES string of the molecule is O=C(Nc1cnc(-c2ccncc2)c(-c2ccco2)n1)NC1CCCC1. The van der Waals surface area contributed by atoms with Crippen molar-refractivity contribution in [2.45, 2.75) is 31.7 Å². The number of furan rings is 1. The van der Waals surface area contributed by atoms with Gasteiger partial charge in [-0.3, -0.25) is 10.3 Å². The number of aromatic nitrogens is 3. The van der Waals surface area contributed by atoms with Crippen LogP contribution in [0.4, 0.5) is 10.6 Å². The number of urea groups is 1. The van der Waals surface area contributed by atoms with Crippen molar-refractivity contribution in [2.24, 2.45) is 0 Å². The Labute approximate surface area is 150 Å². The van der Waals surface area contributed by atoms with Crippen LogP contribution >= 0.6 is 0 Å². The van der Waals surface area contributed by atoms with E-state index in [-0.39, 0.29) is 12.1 Å². The maximum atomic E-state index is 12.2. The van der Waals surface area contributed by atoms with Crippen LogP contribution in [0, 0.1) is 0 Å². The van der Waals surface area contributed by atoms with E-state index in [9.17, 15) is 4.79 Å². The quantitative estimate of drug-likeness (QED) is 0.746. The van der Waals surface area contributed by atoms with Gasteiger partial charge in [-0.1, -0.05) is 12.8 Å². The lowest BCUT2D eigenvalue weighted by Gasteiger charge is -2.13. The van der Waals surface area contributed by atoms with Crippen LogP contribution in [0.15, 0.2) is 53.5 Å². The third-order valence-electron chi connectivity index (χ3n) is 4.41. The molecule has 0 radical (unpaired) electrons.